The number of carbonyl (C=O) groups excluding carboxylic acids is 1. The second-order valence-electron chi connectivity index (χ2n) is 4.16. The highest BCUT2D eigenvalue weighted by molar-refractivity contribution is 5.88. The van der Waals surface area contributed by atoms with E-state index >= 15 is 0 Å². The molecule has 0 fully saturated rings. The van der Waals surface area contributed by atoms with Crippen LogP contribution in [0.3, 0.4) is 0 Å². The van der Waals surface area contributed by atoms with Crippen molar-refractivity contribution >= 4 is 18.0 Å². The third-order valence-corrected chi connectivity index (χ3v) is 1.08. The second-order valence-corrected chi connectivity index (χ2v) is 4.16. The normalized spacial score (nSPS) is 9.65. The van der Waals surface area contributed by atoms with Gasteiger partial charge in [0.25, 0.3) is 0 Å². The van der Waals surface area contributed by atoms with Crippen molar-refractivity contribution in [3.63, 3.8) is 0 Å². The fraction of sp³-hybridized carbons (Fsp3) is 0.700. The lowest BCUT2D eigenvalue weighted by atomic mass is 10.2. The third-order valence-electron chi connectivity index (χ3n) is 1.08. The van der Waals surface area contributed by atoms with Crippen LogP contribution in [0.2, 0.25) is 0 Å². The molecule has 0 aromatic carbocycles. The summed E-state index contributed by atoms with van der Waals surface area (Å²) in [5, 5.41) is 7.91. The molecule has 0 aliphatic heterocycles. The first-order valence-corrected chi connectivity index (χ1v) is 5.13. The molecule has 0 saturated carbocycles. The van der Waals surface area contributed by atoms with Crippen molar-refractivity contribution in [1.82, 2.24) is 0 Å². The lowest BCUT2D eigenvalue weighted by Crippen LogP contribution is -2.27. The number of carboxylic acid groups (broad SMARTS) is 1. The third kappa shape index (κ3) is 20.3. The Balaban J connectivity index is 0. The van der Waals surface area contributed by atoms with Crippen LogP contribution < -0.4 is 11.5 Å². The van der Waals surface area contributed by atoms with Gasteiger partial charge in [0.1, 0.15) is 5.60 Å². The molecule has 0 aliphatic rings. The van der Waals surface area contributed by atoms with Crippen LogP contribution >= 0.6 is 0 Å². The van der Waals surface area contributed by atoms with Gasteiger partial charge >= 0.3 is 12.1 Å². The number of carbonyl (C=O) groups is 2. The standard InChI is InChI=1S/C6H13N3O2.C4H8O2/c1-6(2,3)11-5(10)9-4(7)8;1-2-3-4(5)6/h1-3H3,(H4,7,8,9,10);2-3H2,1H3,(H,5,6). The van der Waals surface area contributed by atoms with E-state index in [4.69, 9.17) is 21.3 Å². The van der Waals surface area contributed by atoms with E-state index in [9.17, 15) is 9.59 Å². The molecule has 1 amide bonds. The molecule has 0 atom stereocenters. The minimum absolute atomic E-state index is 0.292. The number of aliphatic carboxylic acids is 1. The Labute approximate surface area is 101 Å². The molecular formula is C10H21N3O4. The molecule has 7 heteroatoms. The smallest absolute Gasteiger partial charge is 0.437 e. The Morgan fingerprint density at radius 3 is 1.94 bits per heavy atom. The summed E-state index contributed by atoms with van der Waals surface area (Å²) in [5.41, 5.74) is 9.32. The molecule has 0 unspecified atom stereocenters. The number of amides is 1. The van der Waals surface area contributed by atoms with E-state index in [0.717, 1.165) is 6.42 Å². The lowest BCUT2D eigenvalue weighted by molar-refractivity contribution is -0.137. The molecule has 0 aromatic heterocycles. The monoisotopic (exact) mass is 247 g/mol. The Bertz CT molecular complexity index is 278. The summed E-state index contributed by atoms with van der Waals surface area (Å²) in [4.78, 5) is 23.5. The zero-order valence-electron chi connectivity index (χ0n) is 10.7. The summed E-state index contributed by atoms with van der Waals surface area (Å²) in [6.45, 7) is 7.03. The number of nitrogens with zero attached hydrogens (tertiary/aromatic N) is 1. The molecule has 0 aliphatic carbocycles. The molecule has 0 saturated heterocycles. The molecule has 0 bridgehead atoms. The Hall–Kier alpha value is -1.79. The van der Waals surface area contributed by atoms with Gasteiger partial charge in [0.15, 0.2) is 5.96 Å². The maximum absolute atomic E-state index is 10.7. The highest BCUT2D eigenvalue weighted by atomic mass is 16.6. The number of nitrogens with two attached hydrogens (primary N) is 2. The van der Waals surface area contributed by atoms with E-state index in [1.54, 1.807) is 20.8 Å². The molecule has 0 rings (SSSR count). The molecular weight excluding hydrogens is 226 g/mol. The van der Waals surface area contributed by atoms with Crippen LogP contribution in [0.1, 0.15) is 40.5 Å². The lowest BCUT2D eigenvalue weighted by Gasteiger charge is -2.17. The fourth-order valence-electron chi connectivity index (χ4n) is 0.604. The molecule has 100 valence electrons. The van der Waals surface area contributed by atoms with Crippen molar-refractivity contribution in [3.05, 3.63) is 0 Å². The summed E-state index contributed by atoms with van der Waals surface area (Å²) in [6.07, 6.45) is 0.257. The number of rotatable bonds is 2. The SMILES string of the molecule is CC(C)(C)OC(=O)N=C(N)N.CCCC(=O)O. The summed E-state index contributed by atoms with van der Waals surface area (Å²) in [7, 11) is 0. The minimum atomic E-state index is -0.766. The topological polar surface area (TPSA) is 128 Å². The summed E-state index contributed by atoms with van der Waals surface area (Å²) < 4.78 is 4.76. The van der Waals surface area contributed by atoms with Gasteiger partial charge < -0.3 is 21.3 Å². The number of hydrogen-bond acceptors (Lipinski definition) is 3. The van der Waals surface area contributed by atoms with Crippen LogP contribution in [0.25, 0.3) is 0 Å². The van der Waals surface area contributed by atoms with E-state index in [2.05, 4.69) is 4.99 Å². The van der Waals surface area contributed by atoms with Gasteiger partial charge in [-0.25, -0.2) is 4.79 Å². The van der Waals surface area contributed by atoms with Crippen molar-refractivity contribution < 1.29 is 19.4 Å². The molecule has 0 aromatic rings. The highest BCUT2D eigenvalue weighted by Gasteiger charge is 2.15. The average molecular weight is 247 g/mol. The number of aliphatic imine (C=N–C) groups is 1. The van der Waals surface area contributed by atoms with Gasteiger partial charge in [-0.2, -0.15) is 0 Å². The van der Waals surface area contributed by atoms with Gasteiger partial charge in [-0.3, -0.25) is 4.79 Å². The maximum Gasteiger partial charge on any atom is 0.437 e. The van der Waals surface area contributed by atoms with E-state index in [-0.39, 0.29) is 5.96 Å². The van der Waals surface area contributed by atoms with Crippen molar-refractivity contribution in [3.8, 4) is 0 Å². The van der Waals surface area contributed by atoms with Crippen molar-refractivity contribution in [2.45, 2.75) is 46.1 Å². The first-order valence-electron chi connectivity index (χ1n) is 5.13. The van der Waals surface area contributed by atoms with Gasteiger partial charge in [0.2, 0.25) is 0 Å². The largest absolute Gasteiger partial charge is 0.481 e. The second kappa shape index (κ2) is 8.37. The van der Waals surface area contributed by atoms with Gasteiger partial charge in [-0.05, 0) is 27.2 Å². The average Bonchev–Trinajstić information content (AvgIpc) is 1.97. The quantitative estimate of drug-likeness (QED) is 0.494. The van der Waals surface area contributed by atoms with Crippen LogP contribution in [-0.2, 0) is 9.53 Å². The summed E-state index contributed by atoms with van der Waals surface area (Å²) >= 11 is 0. The van der Waals surface area contributed by atoms with Gasteiger partial charge in [-0.15, -0.1) is 4.99 Å². The molecule has 7 nitrogen and oxygen atoms in total. The van der Waals surface area contributed by atoms with Crippen LogP contribution in [0.4, 0.5) is 4.79 Å². The first-order chi connectivity index (χ1) is 7.58. The molecule has 5 N–H and O–H groups in total. The predicted octanol–water partition coefficient (Wildman–Crippen LogP) is 1.07. The number of carboxylic acids is 1. The summed E-state index contributed by atoms with van der Waals surface area (Å²) in [5.74, 6) is -1.00. The van der Waals surface area contributed by atoms with E-state index in [1.807, 2.05) is 6.92 Å². The molecule has 0 radical (unpaired) electrons. The molecule has 17 heavy (non-hydrogen) atoms. The van der Waals surface area contributed by atoms with E-state index in [0.29, 0.717) is 6.42 Å². The van der Waals surface area contributed by atoms with Gasteiger partial charge in [0.05, 0.1) is 0 Å². The van der Waals surface area contributed by atoms with Crippen LogP contribution in [-0.4, -0.2) is 28.7 Å². The summed E-state index contributed by atoms with van der Waals surface area (Å²) in [6, 6.07) is 0. The van der Waals surface area contributed by atoms with Crippen LogP contribution in [0.15, 0.2) is 4.99 Å². The number of guanidine groups is 1. The molecule has 0 spiro atoms. The van der Waals surface area contributed by atoms with Crippen LogP contribution in [0.5, 0.6) is 0 Å². The predicted molar refractivity (Wildman–Crippen MR) is 64.6 cm³/mol. The minimum Gasteiger partial charge on any atom is -0.481 e. The van der Waals surface area contributed by atoms with Crippen molar-refractivity contribution in [1.29, 1.82) is 0 Å². The fourth-order valence-corrected chi connectivity index (χ4v) is 0.604. The highest BCUT2D eigenvalue weighted by Crippen LogP contribution is 2.07. The number of hydrogen-bond donors (Lipinski definition) is 3. The van der Waals surface area contributed by atoms with Gasteiger partial charge in [-0.1, -0.05) is 6.92 Å². The van der Waals surface area contributed by atoms with Gasteiger partial charge in [0, 0.05) is 6.42 Å². The Kier molecular flexibility index (Phi) is 8.67. The van der Waals surface area contributed by atoms with E-state index in [1.165, 1.54) is 0 Å². The maximum atomic E-state index is 10.7. The van der Waals surface area contributed by atoms with Crippen molar-refractivity contribution in [2.24, 2.45) is 16.5 Å². The molecule has 0 heterocycles. The van der Waals surface area contributed by atoms with Crippen LogP contribution in [0, 0.1) is 0 Å². The zero-order chi connectivity index (χ0) is 14.1. The Morgan fingerprint density at radius 1 is 1.29 bits per heavy atom. The first kappa shape index (κ1) is 17.6. The zero-order valence-corrected chi connectivity index (χ0v) is 10.7. The Morgan fingerprint density at radius 2 is 1.76 bits per heavy atom. The van der Waals surface area contributed by atoms with Crippen molar-refractivity contribution in [2.75, 3.05) is 0 Å². The van der Waals surface area contributed by atoms with E-state index < -0.39 is 17.7 Å². The number of ether oxygens (including phenoxy) is 1.